The molecule has 0 fully saturated rings. The third kappa shape index (κ3) is 5.18. The summed E-state index contributed by atoms with van der Waals surface area (Å²) in [5.41, 5.74) is 2.43. The van der Waals surface area contributed by atoms with Gasteiger partial charge in [0.2, 0.25) is 0 Å². The van der Waals surface area contributed by atoms with Crippen molar-refractivity contribution in [1.29, 1.82) is 21.0 Å². The van der Waals surface area contributed by atoms with E-state index in [4.69, 9.17) is 0 Å². The molecule has 0 N–H and O–H groups in total. The van der Waals surface area contributed by atoms with Gasteiger partial charge in [-0.15, -0.1) is 0 Å². The van der Waals surface area contributed by atoms with Crippen molar-refractivity contribution < 1.29 is 0 Å². The molecule has 0 radical (unpaired) electrons. The van der Waals surface area contributed by atoms with Crippen LogP contribution in [0, 0.1) is 45.3 Å². The second-order valence-corrected chi connectivity index (χ2v) is 12.4. The summed E-state index contributed by atoms with van der Waals surface area (Å²) in [7, 11) is -2.08. The fourth-order valence-corrected chi connectivity index (χ4v) is 9.96. The van der Waals surface area contributed by atoms with Crippen molar-refractivity contribution >= 4 is 37.1 Å². The highest BCUT2D eigenvalue weighted by atomic mass is 31.1. The van der Waals surface area contributed by atoms with Gasteiger partial charge in [0.05, 0.1) is 46.5 Å². The molecule has 0 spiro atoms. The van der Waals surface area contributed by atoms with E-state index in [0.29, 0.717) is 34.6 Å². The third-order valence-corrected chi connectivity index (χ3v) is 11.4. The van der Waals surface area contributed by atoms with Crippen LogP contribution >= 0.6 is 15.8 Å². The van der Waals surface area contributed by atoms with E-state index in [0.717, 1.165) is 21.2 Å². The number of hydrogen-bond donors (Lipinski definition) is 0. The molecule has 4 aromatic carbocycles. The molecule has 0 amide bonds. The lowest BCUT2D eigenvalue weighted by Gasteiger charge is -2.26. The van der Waals surface area contributed by atoms with Crippen molar-refractivity contribution in [3.63, 3.8) is 0 Å². The zero-order valence-corrected chi connectivity index (χ0v) is 21.1. The van der Waals surface area contributed by atoms with Crippen LogP contribution in [-0.2, 0) is 0 Å². The fourth-order valence-electron chi connectivity index (χ4n) is 4.16. The summed E-state index contributed by atoms with van der Waals surface area (Å²) >= 11 is 0. The lowest BCUT2D eigenvalue weighted by Crippen LogP contribution is -2.24. The Labute approximate surface area is 213 Å². The van der Waals surface area contributed by atoms with E-state index < -0.39 is 15.8 Å². The van der Waals surface area contributed by atoms with E-state index in [1.807, 2.05) is 97.1 Å². The molecule has 0 saturated carbocycles. The van der Waals surface area contributed by atoms with Crippen LogP contribution < -0.4 is 21.2 Å². The zero-order chi connectivity index (χ0) is 25.3. The molecule has 0 aliphatic carbocycles. The van der Waals surface area contributed by atoms with Crippen molar-refractivity contribution in [2.75, 3.05) is 12.3 Å². The minimum atomic E-state index is -1.04. The lowest BCUT2D eigenvalue weighted by molar-refractivity contribution is 1.47. The first kappa shape index (κ1) is 24.8. The van der Waals surface area contributed by atoms with Crippen LogP contribution in [0.5, 0.6) is 0 Å². The first-order valence-electron chi connectivity index (χ1n) is 11.2. The Morgan fingerprint density at radius 3 is 0.833 bits per heavy atom. The quantitative estimate of drug-likeness (QED) is 0.344. The third-order valence-electron chi connectivity index (χ3n) is 5.81. The smallest absolute Gasteiger partial charge is 0.0998 e. The number of nitriles is 4. The van der Waals surface area contributed by atoms with E-state index in [1.165, 1.54) is 0 Å². The molecular weight excluding hydrogens is 478 g/mol. The highest BCUT2D eigenvalue weighted by Gasteiger charge is 2.25. The SMILES string of the molecule is N#Cc1ccccc1P(CCP(c1ccccc1C#N)c1ccccc1C#N)c1ccccc1C#N. The number of rotatable bonds is 7. The summed E-state index contributed by atoms with van der Waals surface area (Å²) in [4.78, 5) is 0. The maximum absolute atomic E-state index is 9.84. The molecule has 0 unspecified atom stereocenters. The van der Waals surface area contributed by atoms with Gasteiger partial charge < -0.3 is 0 Å². The fraction of sp³-hybridized carbons (Fsp3) is 0.0667. The van der Waals surface area contributed by atoms with Crippen LogP contribution in [0.15, 0.2) is 97.1 Å². The molecule has 0 bridgehead atoms. The topological polar surface area (TPSA) is 95.2 Å². The molecule has 4 aromatic rings. The van der Waals surface area contributed by atoms with Gasteiger partial charge in [0.15, 0.2) is 0 Å². The minimum absolute atomic E-state index is 0.607. The Morgan fingerprint density at radius 1 is 0.389 bits per heavy atom. The van der Waals surface area contributed by atoms with Crippen molar-refractivity contribution in [2.45, 2.75) is 0 Å². The molecule has 36 heavy (non-hydrogen) atoms. The highest BCUT2D eigenvalue weighted by molar-refractivity contribution is 7.77. The molecule has 0 aromatic heterocycles. The van der Waals surface area contributed by atoms with Gasteiger partial charge in [-0.3, -0.25) is 0 Å². The Balaban J connectivity index is 1.85. The predicted molar refractivity (Wildman–Crippen MR) is 147 cm³/mol. The van der Waals surface area contributed by atoms with Crippen molar-refractivity contribution in [3.8, 4) is 24.3 Å². The molecular formula is C30H20N4P2. The Bertz CT molecular complexity index is 1330. The van der Waals surface area contributed by atoms with Gasteiger partial charge in [-0.2, -0.15) is 21.0 Å². The zero-order valence-electron chi connectivity index (χ0n) is 19.3. The van der Waals surface area contributed by atoms with Crippen molar-refractivity contribution in [3.05, 3.63) is 119 Å². The summed E-state index contributed by atoms with van der Waals surface area (Å²) in [6.07, 6.45) is 1.41. The summed E-state index contributed by atoms with van der Waals surface area (Å²) < 4.78 is 0. The van der Waals surface area contributed by atoms with Crippen LogP contribution in [0.2, 0.25) is 0 Å². The van der Waals surface area contributed by atoms with E-state index in [1.54, 1.807) is 0 Å². The molecule has 0 saturated heterocycles. The molecule has 4 rings (SSSR count). The molecule has 0 heterocycles. The first-order chi connectivity index (χ1) is 17.7. The van der Waals surface area contributed by atoms with Gasteiger partial charge in [0.1, 0.15) is 0 Å². The lowest BCUT2D eigenvalue weighted by atomic mass is 10.2. The minimum Gasteiger partial charge on any atom is -0.192 e. The largest absolute Gasteiger partial charge is 0.192 e. The summed E-state index contributed by atoms with van der Waals surface area (Å²) in [6, 6.07) is 39.6. The van der Waals surface area contributed by atoms with Crippen LogP contribution in [0.3, 0.4) is 0 Å². The van der Waals surface area contributed by atoms with Crippen LogP contribution in [-0.4, -0.2) is 12.3 Å². The summed E-state index contributed by atoms with van der Waals surface area (Å²) in [6.45, 7) is 0. The maximum Gasteiger partial charge on any atom is 0.0998 e. The molecule has 4 nitrogen and oxygen atoms in total. The van der Waals surface area contributed by atoms with Crippen molar-refractivity contribution in [1.82, 2.24) is 0 Å². The molecule has 170 valence electrons. The van der Waals surface area contributed by atoms with Crippen LogP contribution in [0.25, 0.3) is 0 Å². The van der Waals surface area contributed by atoms with Crippen LogP contribution in [0.4, 0.5) is 0 Å². The van der Waals surface area contributed by atoms with Gasteiger partial charge in [-0.1, -0.05) is 72.8 Å². The second kappa shape index (κ2) is 11.9. The van der Waals surface area contributed by atoms with Crippen molar-refractivity contribution in [2.24, 2.45) is 0 Å². The molecule has 0 aliphatic heterocycles. The van der Waals surface area contributed by atoms with Gasteiger partial charge in [0, 0.05) is 0 Å². The van der Waals surface area contributed by atoms with E-state index in [-0.39, 0.29) is 0 Å². The average Bonchev–Trinajstić information content (AvgIpc) is 2.95. The molecule has 0 atom stereocenters. The molecule has 6 heteroatoms. The Hall–Kier alpha value is -4.30. The van der Waals surface area contributed by atoms with Gasteiger partial charge in [-0.05, 0) is 73.7 Å². The second-order valence-electron chi connectivity index (χ2n) is 7.82. The van der Waals surface area contributed by atoms with Crippen LogP contribution in [0.1, 0.15) is 22.3 Å². The predicted octanol–water partition coefficient (Wildman–Crippen LogP) is 4.74. The summed E-state index contributed by atoms with van der Waals surface area (Å²) in [5, 5.41) is 43.1. The summed E-state index contributed by atoms with van der Waals surface area (Å²) in [5.74, 6) is 0. The normalized spacial score (nSPS) is 10.3. The highest BCUT2D eigenvalue weighted by Crippen LogP contribution is 2.43. The van der Waals surface area contributed by atoms with Gasteiger partial charge in [-0.25, -0.2) is 0 Å². The number of benzene rings is 4. The van der Waals surface area contributed by atoms with Gasteiger partial charge in [0.25, 0.3) is 0 Å². The Kier molecular flexibility index (Phi) is 8.20. The van der Waals surface area contributed by atoms with E-state index in [2.05, 4.69) is 24.3 Å². The number of hydrogen-bond acceptors (Lipinski definition) is 4. The van der Waals surface area contributed by atoms with E-state index in [9.17, 15) is 21.0 Å². The average molecular weight is 498 g/mol. The van der Waals surface area contributed by atoms with E-state index >= 15 is 0 Å². The molecule has 0 aliphatic rings. The maximum atomic E-state index is 9.84. The standard InChI is InChI=1S/C30H20N4P2/c31-19-23-9-1-5-13-27(23)35(28-14-6-2-10-24(28)20-32)17-18-36(29-15-7-3-11-25(29)21-33)30-16-8-4-12-26(30)22-34/h1-16H,17-18H2. The van der Waals surface area contributed by atoms with Gasteiger partial charge >= 0.3 is 0 Å². The Morgan fingerprint density at radius 2 is 0.611 bits per heavy atom. The number of nitrogens with zero attached hydrogens (tertiary/aromatic N) is 4. The first-order valence-corrected chi connectivity index (χ1v) is 14.3. The monoisotopic (exact) mass is 498 g/mol.